The lowest BCUT2D eigenvalue weighted by molar-refractivity contribution is 0.341. The number of para-hydroxylation sites is 1. The molecule has 2 aromatic carbocycles. The van der Waals surface area contributed by atoms with Gasteiger partial charge >= 0.3 is 0 Å². The molecule has 0 amide bonds. The molecule has 0 fully saturated rings. The zero-order valence-corrected chi connectivity index (χ0v) is 13.6. The van der Waals surface area contributed by atoms with E-state index in [1.165, 1.54) is 5.56 Å². The van der Waals surface area contributed by atoms with Crippen molar-refractivity contribution in [2.45, 2.75) is 33.4 Å². The first-order chi connectivity index (χ1) is 10.1. The van der Waals surface area contributed by atoms with E-state index in [-0.39, 0.29) is 0 Å². The van der Waals surface area contributed by atoms with Gasteiger partial charge in [0.2, 0.25) is 0 Å². The van der Waals surface area contributed by atoms with Crippen LogP contribution in [0.25, 0.3) is 11.1 Å². The van der Waals surface area contributed by atoms with Crippen LogP contribution in [0.3, 0.4) is 0 Å². The van der Waals surface area contributed by atoms with E-state index < -0.39 is 0 Å². The monoisotopic (exact) mass is 303 g/mol. The van der Waals surface area contributed by atoms with E-state index in [0.717, 1.165) is 28.4 Å². The fourth-order valence-corrected chi connectivity index (χ4v) is 2.41. The third-order valence-electron chi connectivity index (χ3n) is 3.25. The lowest BCUT2D eigenvalue weighted by atomic mass is 9.98. The summed E-state index contributed by atoms with van der Waals surface area (Å²) >= 11 is 6.20. The van der Waals surface area contributed by atoms with Gasteiger partial charge in [-0.05, 0) is 36.2 Å². The molecule has 112 valence electrons. The predicted molar refractivity (Wildman–Crippen MR) is 90.0 cm³/mol. The Kier molecular flexibility index (Phi) is 5.66. The van der Waals surface area contributed by atoms with Crippen LogP contribution in [0.2, 0.25) is 5.02 Å². The largest absolute Gasteiger partial charge is 0.493 e. The van der Waals surface area contributed by atoms with Crippen molar-refractivity contribution < 1.29 is 4.74 Å². The molecule has 0 aliphatic carbocycles. The molecule has 0 saturated carbocycles. The molecule has 0 aromatic heterocycles. The number of hydrogen-bond acceptors (Lipinski definition) is 2. The molecule has 2 rings (SSSR count). The molecule has 0 atom stereocenters. The number of benzene rings is 2. The van der Waals surface area contributed by atoms with Gasteiger partial charge in [-0.25, -0.2) is 0 Å². The molecule has 3 heteroatoms. The van der Waals surface area contributed by atoms with E-state index in [0.29, 0.717) is 12.6 Å². The van der Waals surface area contributed by atoms with Gasteiger partial charge in [0.1, 0.15) is 5.75 Å². The van der Waals surface area contributed by atoms with Crippen LogP contribution in [0.1, 0.15) is 26.3 Å². The van der Waals surface area contributed by atoms with Gasteiger partial charge in [0.05, 0.1) is 6.61 Å². The van der Waals surface area contributed by atoms with E-state index in [2.05, 4.69) is 31.3 Å². The van der Waals surface area contributed by atoms with Gasteiger partial charge in [-0.2, -0.15) is 0 Å². The van der Waals surface area contributed by atoms with Crippen molar-refractivity contribution in [2.75, 3.05) is 6.61 Å². The van der Waals surface area contributed by atoms with Crippen molar-refractivity contribution in [2.24, 2.45) is 0 Å². The minimum Gasteiger partial charge on any atom is -0.493 e. The fraction of sp³-hybridized carbons (Fsp3) is 0.333. The first-order valence-electron chi connectivity index (χ1n) is 7.35. The van der Waals surface area contributed by atoms with Crippen LogP contribution in [0.5, 0.6) is 5.75 Å². The van der Waals surface area contributed by atoms with Gasteiger partial charge in [0, 0.05) is 23.2 Å². The van der Waals surface area contributed by atoms with Crippen LogP contribution in [0, 0.1) is 0 Å². The van der Waals surface area contributed by atoms with Crippen LogP contribution in [-0.4, -0.2) is 12.6 Å². The Morgan fingerprint density at radius 2 is 1.86 bits per heavy atom. The van der Waals surface area contributed by atoms with Crippen molar-refractivity contribution in [3.63, 3.8) is 0 Å². The molecule has 0 saturated heterocycles. The molecule has 0 bridgehead atoms. The van der Waals surface area contributed by atoms with Crippen molar-refractivity contribution >= 4 is 11.6 Å². The van der Waals surface area contributed by atoms with Gasteiger partial charge in [0.15, 0.2) is 0 Å². The summed E-state index contributed by atoms with van der Waals surface area (Å²) in [5.41, 5.74) is 3.43. The van der Waals surface area contributed by atoms with E-state index in [9.17, 15) is 0 Å². The van der Waals surface area contributed by atoms with Gasteiger partial charge in [-0.1, -0.05) is 49.7 Å². The van der Waals surface area contributed by atoms with E-state index >= 15 is 0 Å². The van der Waals surface area contributed by atoms with Crippen molar-refractivity contribution in [3.05, 3.63) is 53.1 Å². The van der Waals surface area contributed by atoms with Crippen LogP contribution in [0.15, 0.2) is 42.5 Å². The molecule has 21 heavy (non-hydrogen) atoms. The summed E-state index contributed by atoms with van der Waals surface area (Å²) in [5, 5.41) is 4.20. The summed E-state index contributed by atoms with van der Waals surface area (Å²) < 4.78 is 5.75. The molecule has 0 spiro atoms. The minimum atomic E-state index is 0.440. The third-order valence-corrected chi connectivity index (χ3v) is 3.48. The molecule has 0 aliphatic heterocycles. The van der Waals surface area contributed by atoms with Gasteiger partial charge in [0.25, 0.3) is 0 Å². The van der Waals surface area contributed by atoms with Crippen molar-refractivity contribution in [1.82, 2.24) is 5.32 Å². The van der Waals surface area contributed by atoms with E-state index in [1.807, 2.05) is 37.3 Å². The van der Waals surface area contributed by atoms with E-state index in [1.54, 1.807) is 0 Å². The number of nitrogens with one attached hydrogen (secondary N) is 1. The smallest absolute Gasteiger partial charge is 0.127 e. The Hall–Kier alpha value is -1.51. The van der Waals surface area contributed by atoms with Crippen LogP contribution < -0.4 is 10.1 Å². The molecule has 0 unspecified atom stereocenters. The maximum Gasteiger partial charge on any atom is 0.127 e. The molecular formula is C18H22ClNO. The van der Waals surface area contributed by atoms with Gasteiger partial charge in [-0.3, -0.25) is 0 Å². The summed E-state index contributed by atoms with van der Waals surface area (Å²) in [6.07, 6.45) is 0. The second-order valence-corrected chi connectivity index (χ2v) is 5.70. The van der Waals surface area contributed by atoms with Crippen molar-refractivity contribution in [1.29, 1.82) is 0 Å². The first kappa shape index (κ1) is 15.9. The zero-order valence-electron chi connectivity index (χ0n) is 12.8. The maximum atomic E-state index is 6.20. The maximum absolute atomic E-state index is 6.20. The molecule has 0 radical (unpaired) electrons. The number of hydrogen-bond donors (Lipinski definition) is 1. The molecule has 0 aliphatic rings. The number of halogens is 1. The first-order valence-corrected chi connectivity index (χ1v) is 7.73. The molecule has 0 heterocycles. The summed E-state index contributed by atoms with van der Waals surface area (Å²) in [5.74, 6) is 0.896. The zero-order chi connectivity index (χ0) is 15.2. The summed E-state index contributed by atoms with van der Waals surface area (Å²) in [7, 11) is 0. The average molecular weight is 304 g/mol. The minimum absolute atomic E-state index is 0.440. The van der Waals surface area contributed by atoms with Crippen LogP contribution >= 0.6 is 11.6 Å². The van der Waals surface area contributed by atoms with Gasteiger partial charge in [-0.15, -0.1) is 0 Å². The number of ether oxygens (including phenoxy) is 1. The van der Waals surface area contributed by atoms with E-state index in [4.69, 9.17) is 16.3 Å². The lowest BCUT2D eigenvalue weighted by Gasteiger charge is -2.16. The predicted octanol–water partition coefficient (Wildman–Crippen LogP) is 4.90. The normalized spacial score (nSPS) is 10.9. The third kappa shape index (κ3) is 4.23. The summed E-state index contributed by atoms with van der Waals surface area (Å²) in [6.45, 7) is 7.74. The fourth-order valence-electron chi connectivity index (χ4n) is 2.24. The summed E-state index contributed by atoms with van der Waals surface area (Å²) in [6, 6.07) is 14.6. The van der Waals surface area contributed by atoms with Crippen molar-refractivity contribution in [3.8, 4) is 16.9 Å². The molecular weight excluding hydrogens is 282 g/mol. The second-order valence-electron chi connectivity index (χ2n) is 5.27. The Morgan fingerprint density at radius 3 is 2.57 bits per heavy atom. The highest BCUT2D eigenvalue weighted by Gasteiger charge is 2.11. The van der Waals surface area contributed by atoms with Gasteiger partial charge < -0.3 is 10.1 Å². The standard InChI is InChI=1S/C18H22ClNO/c1-4-21-18-8-6-5-7-16(18)17-11-15(19)10-9-14(17)12-20-13(2)3/h5-11,13,20H,4,12H2,1-3H3. The molecule has 2 aromatic rings. The Balaban J connectivity index is 2.44. The average Bonchev–Trinajstić information content (AvgIpc) is 2.47. The second kappa shape index (κ2) is 7.48. The van der Waals surface area contributed by atoms with Crippen LogP contribution in [-0.2, 0) is 6.54 Å². The SMILES string of the molecule is CCOc1ccccc1-c1cc(Cl)ccc1CNC(C)C. The quantitative estimate of drug-likeness (QED) is 0.819. The number of rotatable bonds is 6. The Morgan fingerprint density at radius 1 is 1.10 bits per heavy atom. The Labute approximate surface area is 132 Å². The lowest BCUT2D eigenvalue weighted by Crippen LogP contribution is -2.22. The van der Waals surface area contributed by atoms with Crippen LogP contribution in [0.4, 0.5) is 0 Å². The topological polar surface area (TPSA) is 21.3 Å². The highest BCUT2D eigenvalue weighted by atomic mass is 35.5. The highest BCUT2D eigenvalue weighted by molar-refractivity contribution is 6.30. The highest BCUT2D eigenvalue weighted by Crippen LogP contribution is 2.34. The Bertz CT molecular complexity index is 596. The summed E-state index contributed by atoms with van der Waals surface area (Å²) in [4.78, 5) is 0. The molecule has 1 N–H and O–H groups in total. The molecule has 2 nitrogen and oxygen atoms in total.